The minimum Gasteiger partial charge on any atom is -0.338 e. The first-order valence-electron chi connectivity index (χ1n) is 7.85. The number of amides is 2. The first kappa shape index (κ1) is 17.3. The molecule has 0 fully saturated rings. The summed E-state index contributed by atoms with van der Waals surface area (Å²) in [5.74, 6) is 0. The molecule has 0 saturated heterocycles. The van der Waals surface area contributed by atoms with Crippen molar-refractivity contribution in [1.29, 1.82) is 0 Å². The second-order valence-electron chi connectivity index (χ2n) is 5.26. The SMILES string of the molecule is CCN(CCc1ccncc1)C(=O)NCCc1ccccc1Cl. The molecule has 2 aromatic rings. The van der Waals surface area contributed by atoms with Gasteiger partial charge in [-0.25, -0.2) is 4.79 Å². The molecular weight excluding hydrogens is 310 g/mol. The molecule has 1 aromatic carbocycles. The Morgan fingerprint density at radius 1 is 1.17 bits per heavy atom. The van der Waals surface area contributed by atoms with Gasteiger partial charge in [-0.1, -0.05) is 29.8 Å². The molecule has 0 spiro atoms. The second-order valence-corrected chi connectivity index (χ2v) is 5.67. The highest BCUT2D eigenvalue weighted by molar-refractivity contribution is 6.31. The van der Waals surface area contributed by atoms with Crippen LogP contribution < -0.4 is 5.32 Å². The molecule has 0 saturated carbocycles. The topological polar surface area (TPSA) is 45.2 Å². The zero-order chi connectivity index (χ0) is 16.5. The Labute approximate surface area is 142 Å². The summed E-state index contributed by atoms with van der Waals surface area (Å²) >= 11 is 6.12. The standard InChI is InChI=1S/C18H22ClN3O/c1-2-22(14-10-15-7-11-20-12-8-15)18(23)21-13-9-16-5-3-4-6-17(16)19/h3-8,11-12H,2,9-10,13-14H2,1H3,(H,21,23). The molecule has 1 heterocycles. The number of benzene rings is 1. The number of pyridine rings is 1. The maximum absolute atomic E-state index is 12.2. The van der Waals surface area contributed by atoms with Crippen molar-refractivity contribution in [2.75, 3.05) is 19.6 Å². The molecule has 0 unspecified atom stereocenters. The lowest BCUT2D eigenvalue weighted by atomic mass is 10.1. The molecule has 0 aliphatic rings. The summed E-state index contributed by atoms with van der Waals surface area (Å²) in [5.41, 5.74) is 2.23. The molecule has 5 heteroatoms. The second kappa shape index (κ2) is 9.16. The third kappa shape index (κ3) is 5.57. The monoisotopic (exact) mass is 331 g/mol. The van der Waals surface area contributed by atoms with Gasteiger partial charge in [0.1, 0.15) is 0 Å². The van der Waals surface area contributed by atoms with Crippen LogP contribution >= 0.6 is 11.6 Å². The van der Waals surface area contributed by atoms with Gasteiger partial charge in [-0.15, -0.1) is 0 Å². The van der Waals surface area contributed by atoms with Crippen LogP contribution in [0.15, 0.2) is 48.8 Å². The van der Waals surface area contributed by atoms with Crippen molar-refractivity contribution < 1.29 is 4.79 Å². The van der Waals surface area contributed by atoms with Gasteiger partial charge < -0.3 is 10.2 Å². The fourth-order valence-corrected chi connectivity index (χ4v) is 2.56. The summed E-state index contributed by atoms with van der Waals surface area (Å²) in [6, 6.07) is 11.6. The molecule has 2 rings (SSSR count). The summed E-state index contributed by atoms with van der Waals surface area (Å²) in [6.45, 7) is 3.94. The predicted octanol–water partition coefficient (Wildman–Crippen LogP) is 3.55. The Hall–Kier alpha value is -2.07. The van der Waals surface area contributed by atoms with Crippen LogP contribution in [0.4, 0.5) is 4.79 Å². The molecule has 0 radical (unpaired) electrons. The highest BCUT2D eigenvalue weighted by atomic mass is 35.5. The third-order valence-electron chi connectivity index (χ3n) is 3.72. The first-order valence-corrected chi connectivity index (χ1v) is 8.23. The van der Waals surface area contributed by atoms with E-state index in [2.05, 4.69) is 10.3 Å². The Balaban J connectivity index is 1.77. The van der Waals surface area contributed by atoms with E-state index in [0.717, 1.165) is 23.4 Å². The lowest BCUT2D eigenvalue weighted by molar-refractivity contribution is 0.201. The van der Waals surface area contributed by atoms with Crippen LogP contribution in [-0.4, -0.2) is 35.5 Å². The molecule has 0 aliphatic heterocycles. The number of carbonyl (C=O) groups is 1. The zero-order valence-electron chi connectivity index (χ0n) is 13.3. The molecular formula is C18H22ClN3O. The summed E-state index contributed by atoms with van der Waals surface area (Å²) < 4.78 is 0. The van der Waals surface area contributed by atoms with E-state index < -0.39 is 0 Å². The Morgan fingerprint density at radius 2 is 1.91 bits per heavy atom. The Morgan fingerprint density at radius 3 is 2.61 bits per heavy atom. The van der Waals surface area contributed by atoms with Crippen molar-refractivity contribution in [2.45, 2.75) is 19.8 Å². The molecule has 4 nitrogen and oxygen atoms in total. The first-order chi connectivity index (χ1) is 11.2. The van der Waals surface area contributed by atoms with Gasteiger partial charge in [-0.3, -0.25) is 4.98 Å². The fraction of sp³-hybridized carbons (Fsp3) is 0.333. The third-order valence-corrected chi connectivity index (χ3v) is 4.09. The molecule has 0 aliphatic carbocycles. The van der Waals surface area contributed by atoms with Gasteiger partial charge in [-0.05, 0) is 49.1 Å². The average molecular weight is 332 g/mol. The molecule has 1 N–H and O–H groups in total. The number of aromatic nitrogens is 1. The van der Waals surface area contributed by atoms with E-state index in [1.807, 2.05) is 48.2 Å². The van der Waals surface area contributed by atoms with Crippen LogP contribution in [0.1, 0.15) is 18.1 Å². The molecule has 0 bridgehead atoms. The summed E-state index contributed by atoms with van der Waals surface area (Å²) in [4.78, 5) is 18.1. The van der Waals surface area contributed by atoms with Gasteiger partial charge in [0, 0.05) is 37.1 Å². The normalized spacial score (nSPS) is 10.3. The number of halogens is 1. The number of urea groups is 1. The molecule has 2 amide bonds. The zero-order valence-corrected chi connectivity index (χ0v) is 14.1. The number of likely N-dealkylation sites (N-methyl/N-ethyl adjacent to an activating group) is 1. The number of hydrogen-bond acceptors (Lipinski definition) is 2. The highest BCUT2D eigenvalue weighted by Crippen LogP contribution is 2.14. The fourth-order valence-electron chi connectivity index (χ4n) is 2.33. The van der Waals surface area contributed by atoms with Gasteiger partial charge in [0.05, 0.1) is 0 Å². The number of nitrogens with one attached hydrogen (secondary N) is 1. The predicted molar refractivity (Wildman–Crippen MR) is 93.7 cm³/mol. The smallest absolute Gasteiger partial charge is 0.317 e. The number of nitrogens with zero attached hydrogens (tertiary/aromatic N) is 2. The van der Waals surface area contributed by atoms with Crippen LogP contribution in [0.5, 0.6) is 0 Å². The van der Waals surface area contributed by atoms with Crippen molar-refractivity contribution in [3.05, 3.63) is 64.9 Å². The summed E-state index contributed by atoms with van der Waals surface area (Å²) in [7, 11) is 0. The quantitative estimate of drug-likeness (QED) is 0.843. The van der Waals surface area contributed by atoms with Gasteiger partial charge in [-0.2, -0.15) is 0 Å². The minimum absolute atomic E-state index is 0.0337. The number of carbonyl (C=O) groups excluding carboxylic acids is 1. The van der Waals surface area contributed by atoms with Crippen LogP contribution in [0.2, 0.25) is 5.02 Å². The Kier molecular flexibility index (Phi) is 6.88. The lowest BCUT2D eigenvalue weighted by Crippen LogP contribution is -2.41. The van der Waals surface area contributed by atoms with Gasteiger partial charge in [0.25, 0.3) is 0 Å². The lowest BCUT2D eigenvalue weighted by Gasteiger charge is -2.21. The van der Waals surface area contributed by atoms with Gasteiger partial charge in [0.2, 0.25) is 0 Å². The molecule has 0 atom stereocenters. The maximum atomic E-state index is 12.2. The van der Waals surface area contributed by atoms with Crippen molar-refractivity contribution >= 4 is 17.6 Å². The van der Waals surface area contributed by atoms with Crippen LogP contribution in [-0.2, 0) is 12.8 Å². The van der Waals surface area contributed by atoms with E-state index in [9.17, 15) is 4.79 Å². The van der Waals surface area contributed by atoms with E-state index >= 15 is 0 Å². The van der Waals surface area contributed by atoms with Crippen LogP contribution in [0, 0.1) is 0 Å². The van der Waals surface area contributed by atoms with E-state index in [1.165, 1.54) is 5.56 Å². The van der Waals surface area contributed by atoms with E-state index in [1.54, 1.807) is 12.4 Å². The van der Waals surface area contributed by atoms with E-state index in [4.69, 9.17) is 11.6 Å². The van der Waals surface area contributed by atoms with Crippen molar-refractivity contribution in [3.8, 4) is 0 Å². The van der Waals surface area contributed by atoms with Crippen molar-refractivity contribution in [1.82, 2.24) is 15.2 Å². The number of rotatable bonds is 7. The van der Waals surface area contributed by atoms with E-state index in [-0.39, 0.29) is 6.03 Å². The number of hydrogen-bond donors (Lipinski definition) is 1. The molecule has 23 heavy (non-hydrogen) atoms. The summed E-state index contributed by atoms with van der Waals surface area (Å²) in [6.07, 6.45) is 5.10. The largest absolute Gasteiger partial charge is 0.338 e. The molecule has 1 aromatic heterocycles. The van der Waals surface area contributed by atoms with Gasteiger partial charge >= 0.3 is 6.03 Å². The van der Waals surface area contributed by atoms with Gasteiger partial charge in [0.15, 0.2) is 0 Å². The minimum atomic E-state index is -0.0337. The summed E-state index contributed by atoms with van der Waals surface area (Å²) in [5, 5.41) is 3.70. The maximum Gasteiger partial charge on any atom is 0.317 e. The van der Waals surface area contributed by atoms with Crippen LogP contribution in [0.25, 0.3) is 0 Å². The van der Waals surface area contributed by atoms with Crippen molar-refractivity contribution in [2.24, 2.45) is 0 Å². The molecule has 122 valence electrons. The Bertz CT molecular complexity index is 619. The highest BCUT2D eigenvalue weighted by Gasteiger charge is 2.11. The van der Waals surface area contributed by atoms with E-state index in [0.29, 0.717) is 19.6 Å². The van der Waals surface area contributed by atoms with Crippen LogP contribution in [0.3, 0.4) is 0 Å². The van der Waals surface area contributed by atoms with Crippen molar-refractivity contribution in [3.63, 3.8) is 0 Å². The average Bonchev–Trinajstić information content (AvgIpc) is 2.58.